The average Bonchev–Trinajstić information content (AvgIpc) is 2.41. The lowest BCUT2D eigenvalue weighted by Crippen LogP contribution is -2.55. The molecule has 0 heterocycles. The number of benzene rings is 1. The third kappa shape index (κ3) is 4.71. The fourth-order valence-corrected chi connectivity index (χ4v) is 2.17. The lowest BCUT2D eigenvalue weighted by molar-refractivity contribution is -0.149. The zero-order chi connectivity index (χ0) is 16.0. The summed E-state index contributed by atoms with van der Waals surface area (Å²) in [5.41, 5.74) is -0.756. The monoisotopic (exact) mass is 359 g/mol. The van der Waals surface area contributed by atoms with Crippen LogP contribution in [0.2, 0.25) is 0 Å². The summed E-state index contributed by atoms with van der Waals surface area (Å²) in [5, 5.41) is 11.7. The number of hydrogen-bond donors (Lipinski definition) is 2. The molecule has 2 N–H and O–H groups in total. The number of ether oxygens (including phenoxy) is 2. The van der Waals surface area contributed by atoms with Crippen molar-refractivity contribution in [2.24, 2.45) is 0 Å². The van der Waals surface area contributed by atoms with Gasteiger partial charge >= 0.3 is 5.97 Å². The zero-order valence-electron chi connectivity index (χ0n) is 12.1. The Labute approximate surface area is 131 Å². The van der Waals surface area contributed by atoms with Crippen molar-refractivity contribution >= 4 is 27.8 Å². The minimum absolute atomic E-state index is 0.0321. The molecule has 0 bridgehead atoms. The third-order valence-corrected chi connectivity index (χ3v) is 3.70. The molecule has 0 spiro atoms. The molecule has 0 aromatic heterocycles. The minimum Gasteiger partial charge on any atom is -0.497 e. The average molecular weight is 360 g/mol. The molecule has 0 aliphatic heterocycles. The highest BCUT2D eigenvalue weighted by Crippen LogP contribution is 2.23. The van der Waals surface area contributed by atoms with Crippen LogP contribution < -0.4 is 10.1 Å². The Hall–Kier alpha value is -1.60. The van der Waals surface area contributed by atoms with Gasteiger partial charge in [0, 0.05) is 11.6 Å². The molecule has 116 valence electrons. The van der Waals surface area contributed by atoms with Gasteiger partial charge in [-0.15, -0.1) is 0 Å². The van der Waals surface area contributed by atoms with Gasteiger partial charge in [0.05, 0.1) is 20.1 Å². The summed E-state index contributed by atoms with van der Waals surface area (Å²) in [6.07, 6.45) is 0.0321. The molecule has 1 aromatic rings. The lowest BCUT2D eigenvalue weighted by atomic mass is 10.0. The number of carboxylic acids is 1. The van der Waals surface area contributed by atoms with Gasteiger partial charge in [-0.05, 0) is 30.7 Å². The molecular weight excluding hydrogens is 342 g/mol. The molecule has 21 heavy (non-hydrogen) atoms. The number of carbonyl (C=O) groups excluding carboxylic acids is 1. The van der Waals surface area contributed by atoms with Gasteiger partial charge < -0.3 is 19.9 Å². The Bertz CT molecular complexity index is 534. The summed E-state index contributed by atoms with van der Waals surface area (Å²) in [7, 11) is 2.92. The van der Waals surface area contributed by atoms with Gasteiger partial charge in [-0.3, -0.25) is 4.79 Å². The first kappa shape index (κ1) is 17.5. The van der Waals surface area contributed by atoms with E-state index in [-0.39, 0.29) is 13.0 Å². The second-order valence-corrected chi connectivity index (χ2v) is 5.61. The number of carbonyl (C=O) groups is 2. The largest absolute Gasteiger partial charge is 0.497 e. The standard InChI is InChI=1S/C14H18BrNO5/c1-14(8-20-2,13(18)19)16-12(17)7-9-6-10(21-3)4-5-11(9)15/h4-6H,7-8H2,1-3H3,(H,16,17)(H,18,19). The summed E-state index contributed by atoms with van der Waals surface area (Å²) in [5.74, 6) is -0.938. The van der Waals surface area contributed by atoms with Crippen molar-refractivity contribution in [2.75, 3.05) is 20.8 Å². The SMILES string of the molecule is COCC(C)(NC(=O)Cc1cc(OC)ccc1Br)C(=O)O. The van der Waals surface area contributed by atoms with Crippen LogP contribution >= 0.6 is 15.9 Å². The van der Waals surface area contributed by atoms with E-state index < -0.39 is 17.4 Å². The van der Waals surface area contributed by atoms with E-state index in [1.807, 2.05) is 0 Å². The quantitative estimate of drug-likeness (QED) is 0.772. The maximum absolute atomic E-state index is 12.1. The van der Waals surface area contributed by atoms with Crippen molar-refractivity contribution in [3.8, 4) is 5.75 Å². The maximum atomic E-state index is 12.1. The highest BCUT2D eigenvalue weighted by Gasteiger charge is 2.34. The van der Waals surface area contributed by atoms with Crippen LogP contribution in [-0.4, -0.2) is 43.3 Å². The minimum atomic E-state index is -1.46. The number of rotatable bonds is 7. The van der Waals surface area contributed by atoms with Crippen molar-refractivity contribution in [2.45, 2.75) is 18.9 Å². The van der Waals surface area contributed by atoms with Crippen LogP contribution in [0.15, 0.2) is 22.7 Å². The number of amides is 1. The Morgan fingerprint density at radius 1 is 1.38 bits per heavy atom. The molecule has 1 aromatic carbocycles. The van der Waals surface area contributed by atoms with E-state index in [4.69, 9.17) is 9.47 Å². The lowest BCUT2D eigenvalue weighted by Gasteiger charge is -2.25. The molecule has 1 unspecified atom stereocenters. The summed E-state index contributed by atoms with van der Waals surface area (Å²) in [6.45, 7) is 1.28. The number of hydrogen-bond acceptors (Lipinski definition) is 4. The van der Waals surface area contributed by atoms with Gasteiger partial charge in [-0.2, -0.15) is 0 Å². The Morgan fingerprint density at radius 2 is 2.05 bits per heavy atom. The fourth-order valence-electron chi connectivity index (χ4n) is 1.78. The molecule has 1 amide bonds. The summed E-state index contributed by atoms with van der Waals surface area (Å²) in [6, 6.07) is 5.25. The van der Waals surface area contributed by atoms with E-state index >= 15 is 0 Å². The van der Waals surface area contributed by atoms with Gasteiger partial charge in [0.25, 0.3) is 0 Å². The van der Waals surface area contributed by atoms with Gasteiger partial charge in [0.2, 0.25) is 5.91 Å². The van der Waals surface area contributed by atoms with Crippen LogP contribution in [0.3, 0.4) is 0 Å². The first-order valence-electron chi connectivity index (χ1n) is 6.18. The topological polar surface area (TPSA) is 84.9 Å². The summed E-state index contributed by atoms with van der Waals surface area (Å²) in [4.78, 5) is 23.3. The molecular formula is C14H18BrNO5. The highest BCUT2D eigenvalue weighted by molar-refractivity contribution is 9.10. The number of nitrogens with one attached hydrogen (secondary N) is 1. The van der Waals surface area contributed by atoms with E-state index in [0.29, 0.717) is 11.3 Å². The maximum Gasteiger partial charge on any atom is 0.331 e. The van der Waals surface area contributed by atoms with Crippen LogP contribution in [0.5, 0.6) is 5.75 Å². The van der Waals surface area contributed by atoms with Crippen LogP contribution in [0.1, 0.15) is 12.5 Å². The van der Waals surface area contributed by atoms with Crippen molar-refractivity contribution in [1.29, 1.82) is 0 Å². The van der Waals surface area contributed by atoms with E-state index in [2.05, 4.69) is 21.2 Å². The Balaban J connectivity index is 2.84. The van der Waals surface area contributed by atoms with Crippen LogP contribution in [0.4, 0.5) is 0 Å². The van der Waals surface area contributed by atoms with Crippen molar-refractivity contribution in [3.05, 3.63) is 28.2 Å². The molecule has 0 aliphatic carbocycles. The zero-order valence-corrected chi connectivity index (χ0v) is 13.7. The second kappa shape index (κ2) is 7.42. The van der Waals surface area contributed by atoms with Crippen molar-refractivity contribution in [3.63, 3.8) is 0 Å². The molecule has 7 heteroatoms. The molecule has 0 fully saturated rings. The molecule has 0 saturated heterocycles. The summed E-state index contributed by atoms with van der Waals surface area (Å²) >= 11 is 3.35. The predicted octanol–water partition coefficient (Wildman–Crippen LogP) is 1.61. The second-order valence-electron chi connectivity index (χ2n) is 4.75. The Kier molecular flexibility index (Phi) is 6.17. The van der Waals surface area contributed by atoms with Crippen LogP contribution in [0.25, 0.3) is 0 Å². The molecule has 6 nitrogen and oxygen atoms in total. The number of aliphatic carboxylic acids is 1. The molecule has 1 atom stereocenters. The first-order chi connectivity index (χ1) is 9.82. The molecule has 0 radical (unpaired) electrons. The third-order valence-electron chi connectivity index (χ3n) is 2.92. The molecule has 1 rings (SSSR count). The number of halogens is 1. The Morgan fingerprint density at radius 3 is 2.57 bits per heavy atom. The molecule has 0 saturated carbocycles. The van der Waals surface area contributed by atoms with E-state index in [1.165, 1.54) is 21.1 Å². The van der Waals surface area contributed by atoms with Gasteiger partial charge in [0.1, 0.15) is 5.75 Å². The van der Waals surface area contributed by atoms with E-state index in [1.54, 1.807) is 18.2 Å². The number of methoxy groups -OCH3 is 2. The fraction of sp³-hybridized carbons (Fsp3) is 0.429. The van der Waals surface area contributed by atoms with Crippen LogP contribution in [-0.2, 0) is 20.7 Å². The van der Waals surface area contributed by atoms with Gasteiger partial charge in [-0.1, -0.05) is 15.9 Å². The van der Waals surface area contributed by atoms with Crippen LogP contribution in [0, 0.1) is 0 Å². The normalized spacial score (nSPS) is 13.3. The number of carboxylic acid groups (broad SMARTS) is 1. The smallest absolute Gasteiger partial charge is 0.331 e. The van der Waals surface area contributed by atoms with Gasteiger partial charge in [0.15, 0.2) is 5.54 Å². The predicted molar refractivity (Wildman–Crippen MR) is 80.5 cm³/mol. The first-order valence-corrected chi connectivity index (χ1v) is 6.97. The van der Waals surface area contributed by atoms with E-state index in [9.17, 15) is 14.7 Å². The van der Waals surface area contributed by atoms with Crippen molar-refractivity contribution in [1.82, 2.24) is 5.32 Å². The summed E-state index contributed by atoms with van der Waals surface area (Å²) < 4.78 is 10.7. The molecule has 0 aliphatic rings. The highest BCUT2D eigenvalue weighted by atomic mass is 79.9. The van der Waals surface area contributed by atoms with Crippen molar-refractivity contribution < 1.29 is 24.2 Å². The van der Waals surface area contributed by atoms with Gasteiger partial charge in [-0.25, -0.2) is 4.79 Å². The van der Waals surface area contributed by atoms with E-state index in [0.717, 1.165) is 4.47 Å².